The van der Waals surface area contributed by atoms with Crippen LogP contribution < -0.4 is 11.2 Å². The van der Waals surface area contributed by atoms with Crippen molar-refractivity contribution >= 4 is 5.91 Å². The molecule has 76 valence electrons. The molecule has 0 saturated heterocycles. The molecule has 0 aliphatic rings. The Kier molecular flexibility index (Phi) is 4.10. The van der Waals surface area contributed by atoms with Crippen molar-refractivity contribution in [2.75, 3.05) is 13.6 Å². The van der Waals surface area contributed by atoms with Gasteiger partial charge in [0, 0.05) is 13.6 Å². The van der Waals surface area contributed by atoms with Crippen LogP contribution in [-0.2, 0) is 11.3 Å². The van der Waals surface area contributed by atoms with Gasteiger partial charge in [-0.1, -0.05) is 30.3 Å². The molecule has 1 rings (SSSR count). The Morgan fingerprint density at radius 1 is 1.43 bits per heavy atom. The number of carbonyl (C=O) groups excluding carboxylic acids is 1. The molecule has 0 radical (unpaired) electrons. The van der Waals surface area contributed by atoms with E-state index in [1.54, 1.807) is 7.05 Å². The van der Waals surface area contributed by atoms with Crippen LogP contribution in [0.15, 0.2) is 30.3 Å². The minimum atomic E-state index is -0.0802. The number of nitrogens with one attached hydrogen (secondary N) is 1. The summed E-state index contributed by atoms with van der Waals surface area (Å²) in [6, 6.07) is 9.79. The van der Waals surface area contributed by atoms with Gasteiger partial charge >= 0.3 is 0 Å². The Balaban J connectivity index is 2.41. The smallest absolute Gasteiger partial charge is 0.235 e. The molecule has 0 aliphatic heterocycles. The van der Waals surface area contributed by atoms with E-state index in [2.05, 4.69) is 5.32 Å². The minimum Gasteiger partial charge on any atom is -0.358 e. The first-order valence-corrected chi connectivity index (χ1v) is 4.46. The highest BCUT2D eigenvalue weighted by atomic mass is 16.2. The average molecular weight is 193 g/mol. The zero-order valence-corrected chi connectivity index (χ0v) is 8.23. The third-order valence-corrected chi connectivity index (χ3v) is 1.85. The lowest BCUT2D eigenvalue weighted by atomic mass is 10.2. The second-order valence-corrected chi connectivity index (χ2v) is 3.06. The summed E-state index contributed by atoms with van der Waals surface area (Å²) in [6.45, 7) is 0.791. The highest BCUT2D eigenvalue weighted by Gasteiger charge is 2.04. The van der Waals surface area contributed by atoms with Crippen molar-refractivity contribution in [3.05, 3.63) is 35.9 Å². The molecule has 14 heavy (non-hydrogen) atoms. The maximum Gasteiger partial charge on any atom is 0.235 e. The fourth-order valence-corrected chi connectivity index (χ4v) is 1.14. The predicted octanol–water partition coefficient (Wildman–Crippen LogP) is 0.108. The van der Waals surface area contributed by atoms with Crippen molar-refractivity contribution < 1.29 is 4.79 Å². The van der Waals surface area contributed by atoms with Gasteiger partial charge in [0.05, 0.1) is 6.54 Å². The van der Waals surface area contributed by atoms with Crippen LogP contribution in [-0.4, -0.2) is 24.5 Å². The molecular formula is C10H15N3O. The standard InChI is InChI=1S/C10H15N3O/c1-12-10(14)8-13(11)7-9-5-3-2-4-6-9/h2-6H,7-8,11H2,1H3,(H,12,14). The van der Waals surface area contributed by atoms with Crippen LogP contribution in [0.3, 0.4) is 0 Å². The summed E-state index contributed by atoms with van der Waals surface area (Å²) >= 11 is 0. The second-order valence-electron chi connectivity index (χ2n) is 3.06. The molecule has 0 unspecified atom stereocenters. The maximum absolute atomic E-state index is 11.0. The highest BCUT2D eigenvalue weighted by molar-refractivity contribution is 5.77. The van der Waals surface area contributed by atoms with E-state index in [1.807, 2.05) is 30.3 Å². The summed E-state index contributed by atoms with van der Waals surface area (Å²) in [5.74, 6) is 5.57. The van der Waals surface area contributed by atoms with Gasteiger partial charge in [0.15, 0.2) is 0 Å². The van der Waals surface area contributed by atoms with Gasteiger partial charge in [0.2, 0.25) is 5.91 Å². The van der Waals surface area contributed by atoms with Crippen molar-refractivity contribution in [2.24, 2.45) is 5.84 Å². The summed E-state index contributed by atoms with van der Waals surface area (Å²) in [7, 11) is 1.60. The first-order valence-electron chi connectivity index (χ1n) is 4.46. The number of nitrogens with two attached hydrogens (primary N) is 1. The van der Waals surface area contributed by atoms with E-state index in [0.29, 0.717) is 6.54 Å². The van der Waals surface area contributed by atoms with E-state index in [9.17, 15) is 4.79 Å². The molecule has 1 amide bonds. The predicted molar refractivity (Wildman–Crippen MR) is 55.1 cm³/mol. The van der Waals surface area contributed by atoms with E-state index in [1.165, 1.54) is 5.01 Å². The molecule has 0 aromatic heterocycles. The van der Waals surface area contributed by atoms with E-state index in [4.69, 9.17) is 5.84 Å². The lowest BCUT2D eigenvalue weighted by Crippen LogP contribution is -2.39. The highest BCUT2D eigenvalue weighted by Crippen LogP contribution is 2.00. The van der Waals surface area contributed by atoms with Gasteiger partial charge in [0.25, 0.3) is 0 Å². The quantitative estimate of drug-likeness (QED) is 0.527. The van der Waals surface area contributed by atoms with Crippen LogP contribution in [0.2, 0.25) is 0 Å². The lowest BCUT2D eigenvalue weighted by Gasteiger charge is -2.14. The molecule has 1 aromatic rings. The number of hydrogen-bond acceptors (Lipinski definition) is 3. The Labute approximate surface area is 83.7 Å². The van der Waals surface area contributed by atoms with Crippen LogP contribution in [0, 0.1) is 0 Å². The molecular weight excluding hydrogens is 178 g/mol. The molecule has 4 nitrogen and oxygen atoms in total. The number of hydrazine groups is 1. The van der Waals surface area contributed by atoms with Crippen LogP contribution in [0.1, 0.15) is 5.56 Å². The van der Waals surface area contributed by atoms with E-state index in [0.717, 1.165) is 5.56 Å². The first-order chi connectivity index (χ1) is 6.72. The summed E-state index contributed by atoms with van der Waals surface area (Å²) in [6.07, 6.45) is 0. The Morgan fingerprint density at radius 3 is 2.64 bits per heavy atom. The third-order valence-electron chi connectivity index (χ3n) is 1.85. The van der Waals surface area contributed by atoms with Crippen LogP contribution in [0.25, 0.3) is 0 Å². The number of benzene rings is 1. The number of hydrogen-bond donors (Lipinski definition) is 2. The van der Waals surface area contributed by atoms with Gasteiger partial charge in [-0.25, -0.2) is 5.01 Å². The summed E-state index contributed by atoms with van der Waals surface area (Å²) in [5, 5.41) is 4.00. The lowest BCUT2D eigenvalue weighted by molar-refractivity contribution is -0.121. The number of rotatable bonds is 4. The van der Waals surface area contributed by atoms with Gasteiger partial charge in [-0.05, 0) is 5.56 Å². The molecule has 1 aromatic carbocycles. The van der Waals surface area contributed by atoms with Crippen LogP contribution >= 0.6 is 0 Å². The Hall–Kier alpha value is -1.39. The Bertz CT molecular complexity index is 287. The van der Waals surface area contributed by atoms with Gasteiger partial charge in [-0.15, -0.1) is 0 Å². The maximum atomic E-state index is 11.0. The molecule has 0 heterocycles. The fraction of sp³-hybridized carbons (Fsp3) is 0.300. The van der Waals surface area contributed by atoms with Crippen molar-refractivity contribution in [2.45, 2.75) is 6.54 Å². The molecule has 0 bridgehead atoms. The summed E-state index contributed by atoms with van der Waals surface area (Å²) < 4.78 is 0. The van der Waals surface area contributed by atoms with Crippen molar-refractivity contribution in [3.8, 4) is 0 Å². The van der Waals surface area contributed by atoms with Crippen LogP contribution in [0.5, 0.6) is 0 Å². The summed E-state index contributed by atoms with van der Waals surface area (Å²) in [5.41, 5.74) is 1.10. The number of nitrogens with zero attached hydrogens (tertiary/aromatic N) is 1. The molecule has 3 N–H and O–H groups in total. The normalized spacial score (nSPS) is 10.2. The first kappa shape index (κ1) is 10.7. The number of amides is 1. The van der Waals surface area contributed by atoms with E-state index >= 15 is 0 Å². The number of likely N-dealkylation sites (N-methyl/N-ethyl adjacent to an activating group) is 1. The van der Waals surface area contributed by atoms with Crippen molar-refractivity contribution in [1.82, 2.24) is 10.3 Å². The van der Waals surface area contributed by atoms with Gasteiger partial charge in [-0.2, -0.15) is 0 Å². The molecule has 0 spiro atoms. The largest absolute Gasteiger partial charge is 0.358 e. The van der Waals surface area contributed by atoms with Crippen LogP contribution in [0.4, 0.5) is 0 Å². The average Bonchev–Trinajstić information content (AvgIpc) is 2.19. The topological polar surface area (TPSA) is 58.4 Å². The van der Waals surface area contributed by atoms with E-state index in [-0.39, 0.29) is 12.5 Å². The zero-order chi connectivity index (χ0) is 10.4. The SMILES string of the molecule is CNC(=O)CN(N)Cc1ccccc1. The Morgan fingerprint density at radius 2 is 2.07 bits per heavy atom. The minimum absolute atomic E-state index is 0.0802. The second kappa shape index (κ2) is 5.36. The molecule has 4 heteroatoms. The third kappa shape index (κ3) is 3.55. The van der Waals surface area contributed by atoms with Crippen molar-refractivity contribution in [1.29, 1.82) is 0 Å². The molecule has 0 atom stereocenters. The number of carbonyl (C=O) groups is 1. The van der Waals surface area contributed by atoms with E-state index < -0.39 is 0 Å². The molecule has 0 aliphatic carbocycles. The molecule has 0 saturated carbocycles. The fourth-order valence-electron chi connectivity index (χ4n) is 1.14. The molecule has 0 fully saturated rings. The summed E-state index contributed by atoms with van der Waals surface area (Å²) in [4.78, 5) is 11.0. The zero-order valence-electron chi connectivity index (χ0n) is 8.23. The monoisotopic (exact) mass is 193 g/mol. The van der Waals surface area contributed by atoms with Gasteiger partial charge in [-0.3, -0.25) is 10.6 Å². The van der Waals surface area contributed by atoms with Gasteiger partial charge < -0.3 is 5.32 Å². The van der Waals surface area contributed by atoms with Crippen molar-refractivity contribution in [3.63, 3.8) is 0 Å². The van der Waals surface area contributed by atoms with Gasteiger partial charge in [0.1, 0.15) is 0 Å².